The van der Waals surface area contributed by atoms with Gasteiger partial charge in [-0.05, 0) is 26.5 Å². The molecule has 4 heteroatoms. The number of ether oxygens (including phenoxy) is 1. The Morgan fingerprint density at radius 2 is 2.05 bits per heavy atom. The van der Waals surface area contributed by atoms with Gasteiger partial charge >= 0.3 is 0 Å². The van der Waals surface area contributed by atoms with E-state index in [1.54, 1.807) is 0 Å². The average Bonchev–Trinajstić information content (AvgIpc) is 2.77. The highest BCUT2D eigenvalue weighted by Gasteiger charge is 2.20. The maximum atomic E-state index is 5.87. The second kappa shape index (κ2) is 6.57. The molecule has 1 aromatic heterocycles. The summed E-state index contributed by atoms with van der Waals surface area (Å²) in [5, 5.41) is 7.81. The summed E-state index contributed by atoms with van der Waals surface area (Å²) in [7, 11) is 3.91. The molecule has 0 amide bonds. The molecule has 1 aromatic carbocycles. The Labute approximate surface area is 120 Å². The molecule has 0 aliphatic carbocycles. The van der Waals surface area contributed by atoms with Crippen molar-refractivity contribution in [3.63, 3.8) is 0 Å². The van der Waals surface area contributed by atoms with Gasteiger partial charge in [0.2, 0.25) is 0 Å². The van der Waals surface area contributed by atoms with Crippen LogP contribution in [-0.2, 0) is 7.05 Å². The van der Waals surface area contributed by atoms with Gasteiger partial charge in [-0.3, -0.25) is 4.68 Å². The number of hydrogen-bond acceptors (Lipinski definition) is 3. The third-order valence-corrected chi connectivity index (χ3v) is 3.34. The van der Waals surface area contributed by atoms with Gasteiger partial charge in [-0.1, -0.05) is 25.1 Å². The maximum Gasteiger partial charge on any atom is 0.124 e. The smallest absolute Gasteiger partial charge is 0.124 e. The summed E-state index contributed by atoms with van der Waals surface area (Å²) < 4.78 is 7.72. The van der Waals surface area contributed by atoms with Crippen LogP contribution in [0.25, 0.3) is 0 Å². The third kappa shape index (κ3) is 3.02. The fraction of sp³-hybridized carbons (Fsp3) is 0.438. The quantitative estimate of drug-likeness (QED) is 0.879. The number of hydrogen-bond donors (Lipinski definition) is 1. The van der Waals surface area contributed by atoms with Crippen molar-refractivity contribution in [1.82, 2.24) is 15.1 Å². The first-order chi connectivity index (χ1) is 9.67. The molecule has 2 aromatic rings. The van der Waals surface area contributed by atoms with Crippen molar-refractivity contribution >= 4 is 0 Å². The molecule has 1 heterocycles. The van der Waals surface area contributed by atoms with Crippen LogP contribution in [0.15, 0.2) is 30.5 Å². The fourth-order valence-corrected chi connectivity index (χ4v) is 2.44. The number of aromatic nitrogens is 2. The maximum absolute atomic E-state index is 5.87. The molecule has 1 atom stereocenters. The average molecular weight is 273 g/mol. The number of benzene rings is 1. The van der Waals surface area contributed by atoms with Crippen molar-refractivity contribution in [2.24, 2.45) is 7.05 Å². The summed E-state index contributed by atoms with van der Waals surface area (Å²) in [6.07, 6.45) is 3.07. The number of para-hydroxylation sites is 1. The molecule has 1 N–H and O–H groups in total. The predicted molar refractivity (Wildman–Crippen MR) is 81.1 cm³/mol. The van der Waals surface area contributed by atoms with Crippen LogP contribution in [0.4, 0.5) is 0 Å². The minimum absolute atomic E-state index is 0.0942. The summed E-state index contributed by atoms with van der Waals surface area (Å²) in [6, 6.07) is 8.29. The zero-order valence-electron chi connectivity index (χ0n) is 12.7. The van der Waals surface area contributed by atoms with Crippen LogP contribution >= 0.6 is 0 Å². The molecule has 108 valence electrons. The van der Waals surface area contributed by atoms with E-state index in [0.717, 1.165) is 30.0 Å². The Bertz CT molecular complexity index is 563. The molecule has 0 saturated heterocycles. The summed E-state index contributed by atoms with van der Waals surface area (Å²) in [5.41, 5.74) is 3.37. The van der Waals surface area contributed by atoms with E-state index in [-0.39, 0.29) is 6.04 Å². The lowest BCUT2D eigenvalue weighted by Crippen LogP contribution is -2.19. The van der Waals surface area contributed by atoms with Crippen LogP contribution in [0.5, 0.6) is 5.75 Å². The van der Waals surface area contributed by atoms with Crippen LogP contribution in [0.1, 0.15) is 36.2 Å². The summed E-state index contributed by atoms with van der Waals surface area (Å²) in [6.45, 7) is 4.89. The molecule has 20 heavy (non-hydrogen) atoms. The monoisotopic (exact) mass is 273 g/mol. The summed E-state index contributed by atoms with van der Waals surface area (Å²) in [4.78, 5) is 0. The van der Waals surface area contributed by atoms with Crippen LogP contribution < -0.4 is 10.1 Å². The molecular weight excluding hydrogens is 250 g/mol. The molecule has 0 radical (unpaired) electrons. The van der Waals surface area contributed by atoms with E-state index in [1.807, 2.05) is 43.9 Å². The van der Waals surface area contributed by atoms with Crippen molar-refractivity contribution < 1.29 is 4.74 Å². The Morgan fingerprint density at radius 3 is 2.65 bits per heavy atom. The van der Waals surface area contributed by atoms with Crippen molar-refractivity contribution in [3.8, 4) is 5.75 Å². The van der Waals surface area contributed by atoms with Gasteiger partial charge in [-0.2, -0.15) is 5.10 Å². The molecule has 0 spiro atoms. The van der Waals surface area contributed by atoms with E-state index >= 15 is 0 Å². The second-order valence-corrected chi connectivity index (χ2v) is 4.95. The Kier molecular flexibility index (Phi) is 4.79. The Hall–Kier alpha value is -1.81. The van der Waals surface area contributed by atoms with Gasteiger partial charge in [0, 0.05) is 24.4 Å². The van der Waals surface area contributed by atoms with E-state index in [9.17, 15) is 0 Å². The van der Waals surface area contributed by atoms with Crippen LogP contribution in [0.3, 0.4) is 0 Å². The molecular formula is C16H23N3O. The number of nitrogens with zero attached hydrogens (tertiary/aromatic N) is 2. The lowest BCUT2D eigenvalue weighted by atomic mass is 9.98. The van der Waals surface area contributed by atoms with Crippen LogP contribution in [0, 0.1) is 6.92 Å². The molecule has 2 rings (SSSR count). The SMILES string of the molecule is CCCOc1ccccc1C(NC)c1cn(C)nc1C. The van der Waals surface area contributed by atoms with E-state index in [0.29, 0.717) is 0 Å². The minimum atomic E-state index is 0.0942. The van der Waals surface area contributed by atoms with Crippen LogP contribution in [0.2, 0.25) is 0 Å². The molecule has 0 saturated carbocycles. The number of rotatable bonds is 6. The Balaban J connectivity index is 2.39. The van der Waals surface area contributed by atoms with Crippen molar-refractivity contribution in [3.05, 3.63) is 47.3 Å². The van der Waals surface area contributed by atoms with Gasteiger partial charge in [0.25, 0.3) is 0 Å². The van der Waals surface area contributed by atoms with Crippen molar-refractivity contribution in [2.75, 3.05) is 13.7 Å². The second-order valence-electron chi connectivity index (χ2n) is 4.95. The minimum Gasteiger partial charge on any atom is -0.493 e. The number of aryl methyl sites for hydroxylation is 2. The van der Waals surface area contributed by atoms with E-state index in [2.05, 4.69) is 29.6 Å². The Morgan fingerprint density at radius 1 is 1.30 bits per heavy atom. The highest BCUT2D eigenvalue weighted by atomic mass is 16.5. The third-order valence-electron chi connectivity index (χ3n) is 3.34. The highest BCUT2D eigenvalue weighted by molar-refractivity contribution is 5.42. The summed E-state index contributed by atoms with van der Waals surface area (Å²) >= 11 is 0. The zero-order chi connectivity index (χ0) is 14.5. The first-order valence-electron chi connectivity index (χ1n) is 7.06. The van der Waals surface area contributed by atoms with E-state index in [1.165, 1.54) is 5.56 Å². The summed E-state index contributed by atoms with van der Waals surface area (Å²) in [5.74, 6) is 0.942. The largest absolute Gasteiger partial charge is 0.493 e. The van der Waals surface area contributed by atoms with Gasteiger partial charge in [0.1, 0.15) is 5.75 Å². The highest BCUT2D eigenvalue weighted by Crippen LogP contribution is 2.31. The molecule has 1 unspecified atom stereocenters. The van der Waals surface area contributed by atoms with Crippen molar-refractivity contribution in [1.29, 1.82) is 0 Å². The molecule has 4 nitrogen and oxygen atoms in total. The van der Waals surface area contributed by atoms with Gasteiger partial charge < -0.3 is 10.1 Å². The van der Waals surface area contributed by atoms with Gasteiger partial charge in [-0.15, -0.1) is 0 Å². The normalized spacial score (nSPS) is 12.4. The standard InChI is InChI=1S/C16H23N3O/c1-5-10-20-15-9-7-6-8-13(15)16(17-3)14-11-19(4)18-12(14)2/h6-9,11,16-17H,5,10H2,1-4H3. The van der Waals surface area contributed by atoms with Gasteiger partial charge in [-0.25, -0.2) is 0 Å². The molecule has 0 fully saturated rings. The topological polar surface area (TPSA) is 39.1 Å². The first kappa shape index (κ1) is 14.6. The van der Waals surface area contributed by atoms with Crippen molar-refractivity contribution in [2.45, 2.75) is 26.3 Å². The zero-order valence-corrected chi connectivity index (χ0v) is 12.7. The predicted octanol–water partition coefficient (Wildman–Crippen LogP) is 2.83. The first-order valence-corrected chi connectivity index (χ1v) is 7.06. The molecule has 0 aliphatic rings. The molecule has 0 aliphatic heterocycles. The van der Waals surface area contributed by atoms with Gasteiger partial charge in [0.15, 0.2) is 0 Å². The van der Waals surface area contributed by atoms with Crippen LogP contribution in [-0.4, -0.2) is 23.4 Å². The number of nitrogens with one attached hydrogen (secondary N) is 1. The lowest BCUT2D eigenvalue weighted by molar-refractivity contribution is 0.312. The lowest BCUT2D eigenvalue weighted by Gasteiger charge is -2.19. The van der Waals surface area contributed by atoms with E-state index < -0.39 is 0 Å². The van der Waals surface area contributed by atoms with Gasteiger partial charge in [0.05, 0.1) is 18.3 Å². The molecule has 0 bridgehead atoms. The fourth-order valence-electron chi connectivity index (χ4n) is 2.44. The van der Waals surface area contributed by atoms with E-state index in [4.69, 9.17) is 4.74 Å².